The summed E-state index contributed by atoms with van der Waals surface area (Å²) in [6, 6.07) is 5.43. The van der Waals surface area contributed by atoms with Crippen LogP contribution in [0.15, 0.2) is 18.2 Å². The van der Waals surface area contributed by atoms with Gasteiger partial charge in [0.2, 0.25) is 0 Å². The minimum Gasteiger partial charge on any atom is -0.384 e. The molecule has 3 heteroatoms. The Bertz CT molecular complexity index is 546. The lowest BCUT2D eigenvalue weighted by molar-refractivity contribution is 0.0729. The van der Waals surface area contributed by atoms with Gasteiger partial charge < -0.3 is 5.11 Å². The molecule has 2 nitrogen and oxygen atoms in total. The van der Waals surface area contributed by atoms with E-state index < -0.39 is 0 Å². The number of aliphatic hydroxyl groups excluding tert-OH is 1. The maximum absolute atomic E-state index is 13.7. The number of likely N-dealkylation sites (tertiary alicyclic amines) is 1. The predicted octanol–water partition coefficient (Wildman–Crippen LogP) is 3.04. The Hall–Kier alpha value is -1.37. The summed E-state index contributed by atoms with van der Waals surface area (Å²) in [6.45, 7) is 8.42. The minimum absolute atomic E-state index is 0.204. The molecule has 3 atom stereocenters. The molecule has 0 aromatic heterocycles. The van der Waals surface area contributed by atoms with Crippen LogP contribution in [0.1, 0.15) is 38.3 Å². The number of rotatable bonds is 2. The first-order valence-electron chi connectivity index (χ1n) is 7.63. The van der Waals surface area contributed by atoms with Gasteiger partial charge in [-0.3, -0.25) is 4.90 Å². The number of halogens is 1. The number of hydrogen-bond donors (Lipinski definition) is 1. The number of hydrogen-bond acceptors (Lipinski definition) is 2. The summed E-state index contributed by atoms with van der Waals surface area (Å²) in [5, 5.41) is 8.74. The van der Waals surface area contributed by atoms with Gasteiger partial charge in [-0.1, -0.05) is 25.7 Å². The minimum atomic E-state index is -0.263. The topological polar surface area (TPSA) is 23.5 Å². The molecule has 1 aromatic rings. The van der Waals surface area contributed by atoms with Crippen molar-refractivity contribution in [2.75, 3.05) is 13.2 Å². The SMILES string of the molecule is CC1CC(C)C(C)N(Cc2cc(F)cc(C#CCO)c2)C1. The van der Waals surface area contributed by atoms with Gasteiger partial charge in [0, 0.05) is 24.7 Å². The van der Waals surface area contributed by atoms with Gasteiger partial charge in [-0.15, -0.1) is 0 Å². The monoisotopic (exact) mass is 289 g/mol. The van der Waals surface area contributed by atoms with Crippen molar-refractivity contribution in [1.82, 2.24) is 4.90 Å². The Morgan fingerprint density at radius 2 is 2.05 bits per heavy atom. The molecule has 2 rings (SSSR count). The maximum atomic E-state index is 13.7. The molecule has 0 aliphatic carbocycles. The van der Waals surface area contributed by atoms with E-state index in [1.54, 1.807) is 6.07 Å². The summed E-state index contributed by atoms with van der Waals surface area (Å²) < 4.78 is 13.7. The number of aliphatic hydroxyl groups is 1. The van der Waals surface area contributed by atoms with Crippen molar-refractivity contribution < 1.29 is 9.50 Å². The molecule has 1 aliphatic heterocycles. The first-order chi connectivity index (χ1) is 9.99. The Morgan fingerprint density at radius 1 is 1.29 bits per heavy atom. The Balaban J connectivity index is 2.16. The first-order valence-corrected chi connectivity index (χ1v) is 7.63. The summed E-state index contributed by atoms with van der Waals surface area (Å²) in [5.74, 6) is 6.43. The Kier molecular flexibility index (Phi) is 5.39. The molecule has 0 amide bonds. The second-order valence-corrected chi connectivity index (χ2v) is 6.30. The molecular formula is C18H24FNO. The quantitative estimate of drug-likeness (QED) is 0.846. The van der Waals surface area contributed by atoms with E-state index >= 15 is 0 Å². The van der Waals surface area contributed by atoms with E-state index in [1.165, 1.54) is 12.5 Å². The molecule has 1 saturated heterocycles. The molecule has 1 heterocycles. The molecule has 1 N–H and O–H groups in total. The van der Waals surface area contributed by atoms with Crippen LogP contribution in [0.3, 0.4) is 0 Å². The van der Waals surface area contributed by atoms with Crippen molar-refractivity contribution in [3.63, 3.8) is 0 Å². The van der Waals surface area contributed by atoms with E-state index in [-0.39, 0.29) is 12.4 Å². The van der Waals surface area contributed by atoms with Crippen LogP contribution in [-0.2, 0) is 6.54 Å². The molecule has 0 bridgehead atoms. The van der Waals surface area contributed by atoms with Crippen LogP contribution in [0, 0.1) is 29.5 Å². The average molecular weight is 289 g/mol. The number of nitrogens with zero attached hydrogens (tertiary/aromatic N) is 1. The summed E-state index contributed by atoms with van der Waals surface area (Å²) in [7, 11) is 0. The third kappa shape index (κ3) is 4.30. The van der Waals surface area contributed by atoms with Crippen LogP contribution >= 0.6 is 0 Å². The van der Waals surface area contributed by atoms with Crippen molar-refractivity contribution in [2.45, 2.75) is 39.8 Å². The van der Waals surface area contributed by atoms with E-state index in [0.29, 0.717) is 23.4 Å². The number of benzene rings is 1. The standard InChI is InChI=1S/C18H24FNO/c1-13-7-14(2)15(3)20(11-13)12-17-8-16(5-4-6-21)9-18(19)10-17/h8-10,13-15,21H,6-7,11-12H2,1-3H3. The van der Waals surface area contributed by atoms with Crippen LogP contribution < -0.4 is 0 Å². The highest BCUT2D eigenvalue weighted by Gasteiger charge is 2.28. The van der Waals surface area contributed by atoms with Crippen LogP contribution in [0.5, 0.6) is 0 Å². The second kappa shape index (κ2) is 7.06. The average Bonchev–Trinajstić information content (AvgIpc) is 2.41. The van der Waals surface area contributed by atoms with Gasteiger partial charge in [0.1, 0.15) is 12.4 Å². The van der Waals surface area contributed by atoms with Crippen molar-refractivity contribution in [1.29, 1.82) is 0 Å². The van der Waals surface area contributed by atoms with Crippen LogP contribution in [0.4, 0.5) is 4.39 Å². The van der Waals surface area contributed by atoms with E-state index in [2.05, 4.69) is 37.5 Å². The van der Waals surface area contributed by atoms with Gasteiger partial charge in [-0.25, -0.2) is 4.39 Å². The summed E-state index contributed by atoms with van der Waals surface area (Å²) in [5.41, 5.74) is 1.58. The van der Waals surface area contributed by atoms with Gasteiger partial charge in [-0.05, 0) is 48.9 Å². The van der Waals surface area contributed by atoms with Crippen molar-refractivity contribution in [3.8, 4) is 11.8 Å². The molecule has 0 saturated carbocycles. The molecule has 1 aromatic carbocycles. The third-order valence-corrected chi connectivity index (χ3v) is 4.37. The lowest BCUT2D eigenvalue weighted by Gasteiger charge is -2.41. The third-order valence-electron chi connectivity index (χ3n) is 4.37. The van der Waals surface area contributed by atoms with E-state index in [9.17, 15) is 4.39 Å². The fraction of sp³-hybridized carbons (Fsp3) is 0.556. The molecule has 1 fully saturated rings. The molecule has 1 aliphatic rings. The van der Waals surface area contributed by atoms with Gasteiger partial charge >= 0.3 is 0 Å². The fourth-order valence-corrected chi connectivity index (χ4v) is 3.23. The molecule has 0 spiro atoms. The van der Waals surface area contributed by atoms with E-state index in [1.807, 2.05) is 6.07 Å². The molecular weight excluding hydrogens is 265 g/mol. The Labute approximate surface area is 127 Å². The summed E-state index contributed by atoms with van der Waals surface area (Å²) >= 11 is 0. The first kappa shape index (κ1) is 16.0. The van der Waals surface area contributed by atoms with Crippen LogP contribution in [0.25, 0.3) is 0 Å². The van der Waals surface area contributed by atoms with Crippen molar-refractivity contribution >= 4 is 0 Å². The highest BCUT2D eigenvalue weighted by molar-refractivity contribution is 5.37. The molecule has 0 radical (unpaired) electrons. The molecule has 114 valence electrons. The summed E-state index contributed by atoms with van der Waals surface area (Å²) in [4.78, 5) is 2.43. The van der Waals surface area contributed by atoms with Gasteiger partial charge in [-0.2, -0.15) is 0 Å². The second-order valence-electron chi connectivity index (χ2n) is 6.30. The largest absolute Gasteiger partial charge is 0.384 e. The normalized spacial score (nSPS) is 26.2. The van der Waals surface area contributed by atoms with Crippen LogP contribution in [-0.4, -0.2) is 29.2 Å². The van der Waals surface area contributed by atoms with Gasteiger partial charge in [0.15, 0.2) is 0 Å². The Morgan fingerprint density at radius 3 is 2.76 bits per heavy atom. The number of piperidine rings is 1. The molecule has 3 unspecified atom stereocenters. The zero-order valence-electron chi connectivity index (χ0n) is 13.1. The smallest absolute Gasteiger partial charge is 0.124 e. The van der Waals surface area contributed by atoms with E-state index in [0.717, 1.165) is 18.7 Å². The highest BCUT2D eigenvalue weighted by Crippen LogP contribution is 2.28. The highest BCUT2D eigenvalue weighted by atomic mass is 19.1. The van der Waals surface area contributed by atoms with Crippen molar-refractivity contribution in [3.05, 3.63) is 35.1 Å². The zero-order valence-corrected chi connectivity index (χ0v) is 13.1. The van der Waals surface area contributed by atoms with Gasteiger partial charge in [0.25, 0.3) is 0 Å². The zero-order chi connectivity index (χ0) is 15.4. The molecule has 21 heavy (non-hydrogen) atoms. The lowest BCUT2D eigenvalue weighted by Crippen LogP contribution is -2.45. The summed E-state index contributed by atoms with van der Waals surface area (Å²) in [6.07, 6.45) is 1.26. The van der Waals surface area contributed by atoms with Gasteiger partial charge in [0.05, 0.1) is 0 Å². The lowest BCUT2D eigenvalue weighted by atomic mass is 9.85. The van der Waals surface area contributed by atoms with E-state index in [4.69, 9.17) is 5.11 Å². The predicted molar refractivity (Wildman–Crippen MR) is 83.2 cm³/mol. The van der Waals surface area contributed by atoms with Crippen LogP contribution in [0.2, 0.25) is 0 Å². The maximum Gasteiger partial charge on any atom is 0.124 e. The van der Waals surface area contributed by atoms with Crippen molar-refractivity contribution in [2.24, 2.45) is 11.8 Å². The fourth-order valence-electron chi connectivity index (χ4n) is 3.23.